The Bertz CT molecular complexity index is 1140. The van der Waals surface area contributed by atoms with Crippen LogP contribution in [0.3, 0.4) is 0 Å². The largest absolute Gasteiger partial charge is 0.296 e. The molecule has 2 aromatic heterocycles. The van der Waals surface area contributed by atoms with Gasteiger partial charge in [-0.3, -0.25) is 14.8 Å². The maximum absolute atomic E-state index is 12.5. The number of benzene rings is 2. The Balaban J connectivity index is 1.43. The minimum absolute atomic E-state index is 0.211. The maximum Gasteiger partial charge on any atom is 0.277 e. The molecule has 4 rings (SSSR count). The topological polar surface area (TPSA) is 59.8 Å². The molecule has 30 heavy (non-hydrogen) atoms. The zero-order valence-electron chi connectivity index (χ0n) is 17.3. The standard InChI is InChI=1S/C24H24N4OS/c1-16(2)28-17(3)13-21(27-28)23(29)26-24-25-22(15-30-24)20-11-9-19(10-12-20)14-18-7-5-4-6-8-18/h4-13,15-16H,14H2,1-3H3,(H,25,26,29). The molecule has 1 amide bonds. The molecule has 0 aliphatic heterocycles. The van der Waals surface area contributed by atoms with Gasteiger partial charge >= 0.3 is 0 Å². The minimum atomic E-state index is -0.239. The number of amides is 1. The Morgan fingerprint density at radius 3 is 2.43 bits per heavy atom. The molecule has 0 saturated carbocycles. The van der Waals surface area contributed by atoms with Gasteiger partial charge in [0.25, 0.3) is 5.91 Å². The number of carbonyl (C=O) groups is 1. The summed E-state index contributed by atoms with van der Waals surface area (Å²) in [5.41, 5.74) is 5.80. The number of anilines is 1. The Morgan fingerprint density at radius 1 is 1.07 bits per heavy atom. The van der Waals surface area contributed by atoms with Crippen molar-refractivity contribution in [1.29, 1.82) is 0 Å². The van der Waals surface area contributed by atoms with Crippen molar-refractivity contribution in [2.75, 3.05) is 5.32 Å². The van der Waals surface area contributed by atoms with Gasteiger partial charge in [-0.05, 0) is 44.4 Å². The van der Waals surface area contributed by atoms with E-state index in [9.17, 15) is 4.79 Å². The lowest BCUT2D eigenvalue weighted by Crippen LogP contribution is -2.13. The van der Waals surface area contributed by atoms with Crippen molar-refractivity contribution in [2.45, 2.75) is 33.2 Å². The third kappa shape index (κ3) is 4.49. The summed E-state index contributed by atoms with van der Waals surface area (Å²) >= 11 is 1.41. The highest BCUT2D eigenvalue weighted by molar-refractivity contribution is 7.14. The van der Waals surface area contributed by atoms with Crippen molar-refractivity contribution in [3.63, 3.8) is 0 Å². The molecule has 0 aliphatic rings. The SMILES string of the molecule is Cc1cc(C(=O)Nc2nc(-c3ccc(Cc4ccccc4)cc3)cs2)nn1C(C)C. The van der Waals surface area contributed by atoms with E-state index in [2.05, 4.69) is 63.9 Å². The first kappa shape index (κ1) is 20.0. The second-order valence-corrected chi connectivity index (χ2v) is 8.42. The van der Waals surface area contributed by atoms with Crippen LogP contribution in [0.4, 0.5) is 5.13 Å². The van der Waals surface area contributed by atoms with Gasteiger partial charge < -0.3 is 0 Å². The van der Waals surface area contributed by atoms with Gasteiger partial charge in [0, 0.05) is 22.7 Å². The number of rotatable bonds is 6. The summed E-state index contributed by atoms with van der Waals surface area (Å²) in [5.74, 6) is -0.239. The number of aromatic nitrogens is 3. The van der Waals surface area contributed by atoms with E-state index < -0.39 is 0 Å². The molecule has 0 spiro atoms. The molecule has 2 heterocycles. The number of thiazole rings is 1. The van der Waals surface area contributed by atoms with Gasteiger partial charge in [-0.15, -0.1) is 11.3 Å². The fourth-order valence-electron chi connectivity index (χ4n) is 3.37. The molecule has 0 fully saturated rings. The van der Waals surface area contributed by atoms with Crippen LogP contribution in [-0.2, 0) is 6.42 Å². The highest BCUT2D eigenvalue weighted by Gasteiger charge is 2.15. The van der Waals surface area contributed by atoms with Crippen LogP contribution in [0, 0.1) is 6.92 Å². The third-order valence-electron chi connectivity index (χ3n) is 4.87. The first-order valence-electron chi connectivity index (χ1n) is 9.96. The first-order valence-corrected chi connectivity index (χ1v) is 10.8. The molecule has 0 bridgehead atoms. The molecule has 0 unspecified atom stereocenters. The number of hydrogen-bond acceptors (Lipinski definition) is 4. The summed E-state index contributed by atoms with van der Waals surface area (Å²) in [5, 5.41) is 9.79. The Morgan fingerprint density at radius 2 is 1.77 bits per heavy atom. The number of nitrogens with one attached hydrogen (secondary N) is 1. The van der Waals surface area contributed by atoms with Crippen LogP contribution >= 0.6 is 11.3 Å². The maximum atomic E-state index is 12.5. The van der Waals surface area contributed by atoms with Crippen molar-refractivity contribution < 1.29 is 4.79 Å². The van der Waals surface area contributed by atoms with Crippen molar-refractivity contribution in [2.24, 2.45) is 0 Å². The van der Waals surface area contributed by atoms with Crippen molar-refractivity contribution in [1.82, 2.24) is 14.8 Å². The van der Waals surface area contributed by atoms with Crippen LogP contribution in [0.2, 0.25) is 0 Å². The van der Waals surface area contributed by atoms with Crippen LogP contribution in [0.25, 0.3) is 11.3 Å². The summed E-state index contributed by atoms with van der Waals surface area (Å²) < 4.78 is 1.85. The lowest BCUT2D eigenvalue weighted by Gasteiger charge is -2.06. The van der Waals surface area contributed by atoms with Gasteiger partial charge in [-0.1, -0.05) is 54.6 Å². The molecule has 6 heteroatoms. The Kier molecular flexibility index (Phi) is 5.77. The van der Waals surface area contributed by atoms with E-state index in [-0.39, 0.29) is 11.9 Å². The van der Waals surface area contributed by atoms with Crippen LogP contribution < -0.4 is 5.32 Å². The summed E-state index contributed by atoms with van der Waals surface area (Å²) in [6.45, 7) is 6.03. The summed E-state index contributed by atoms with van der Waals surface area (Å²) in [7, 11) is 0. The fourth-order valence-corrected chi connectivity index (χ4v) is 4.09. The van der Waals surface area contributed by atoms with E-state index >= 15 is 0 Å². The van der Waals surface area contributed by atoms with Crippen LogP contribution in [-0.4, -0.2) is 20.7 Å². The lowest BCUT2D eigenvalue weighted by molar-refractivity contribution is 0.102. The molecule has 2 aromatic carbocycles. The van der Waals surface area contributed by atoms with E-state index in [1.165, 1.54) is 22.5 Å². The second-order valence-electron chi connectivity index (χ2n) is 7.56. The van der Waals surface area contributed by atoms with E-state index in [1.54, 1.807) is 6.07 Å². The normalized spacial score (nSPS) is 11.1. The van der Waals surface area contributed by atoms with Crippen molar-refractivity contribution in [3.8, 4) is 11.3 Å². The van der Waals surface area contributed by atoms with Crippen LogP contribution in [0.5, 0.6) is 0 Å². The number of aryl methyl sites for hydroxylation is 1. The third-order valence-corrected chi connectivity index (χ3v) is 5.63. The molecular formula is C24H24N4OS. The second kappa shape index (κ2) is 8.63. The van der Waals surface area contributed by atoms with Gasteiger partial charge in [0.1, 0.15) is 0 Å². The monoisotopic (exact) mass is 416 g/mol. The van der Waals surface area contributed by atoms with Gasteiger partial charge in [0.15, 0.2) is 10.8 Å². The van der Waals surface area contributed by atoms with Crippen molar-refractivity contribution in [3.05, 3.63) is 88.6 Å². The summed E-state index contributed by atoms with van der Waals surface area (Å²) in [4.78, 5) is 17.1. The average Bonchev–Trinajstić information content (AvgIpc) is 3.36. The minimum Gasteiger partial charge on any atom is -0.296 e. The van der Waals surface area contributed by atoms with Gasteiger partial charge in [-0.2, -0.15) is 5.10 Å². The Labute approximate surface area is 180 Å². The highest BCUT2D eigenvalue weighted by Crippen LogP contribution is 2.26. The highest BCUT2D eigenvalue weighted by atomic mass is 32.1. The number of nitrogens with zero attached hydrogens (tertiary/aromatic N) is 3. The summed E-state index contributed by atoms with van der Waals surface area (Å²) in [6.07, 6.45) is 0.905. The van der Waals surface area contributed by atoms with E-state index in [0.717, 1.165) is 23.4 Å². The molecule has 1 N–H and O–H groups in total. The summed E-state index contributed by atoms with van der Waals surface area (Å²) in [6, 6.07) is 20.8. The quantitative estimate of drug-likeness (QED) is 0.436. The van der Waals surface area contributed by atoms with Crippen molar-refractivity contribution >= 4 is 22.4 Å². The smallest absolute Gasteiger partial charge is 0.277 e. The van der Waals surface area contributed by atoms with Crippen LogP contribution in [0.15, 0.2) is 66.0 Å². The number of hydrogen-bond donors (Lipinski definition) is 1. The molecular weight excluding hydrogens is 392 g/mol. The molecule has 0 saturated heterocycles. The first-order chi connectivity index (χ1) is 14.5. The molecule has 0 atom stereocenters. The zero-order valence-corrected chi connectivity index (χ0v) is 18.1. The van der Waals surface area contributed by atoms with E-state index in [4.69, 9.17) is 0 Å². The fraction of sp³-hybridized carbons (Fsp3) is 0.208. The Hall–Kier alpha value is -3.25. The average molecular weight is 417 g/mol. The molecule has 5 nitrogen and oxygen atoms in total. The van der Waals surface area contributed by atoms with Gasteiger partial charge in [-0.25, -0.2) is 4.98 Å². The molecule has 0 radical (unpaired) electrons. The zero-order chi connectivity index (χ0) is 21.1. The predicted molar refractivity (Wildman–Crippen MR) is 122 cm³/mol. The molecule has 4 aromatic rings. The molecule has 0 aliphatic carbocycles. The van der Waals surface area contributed by atoms with E-state index in [0.29, 0.717) is 10.8 Å². The van der Waals surface area contributed by atoms with Crippen LogP contribution in [0.1, 0.15) is 47.2 Å². The number of carbonyl (C=O) groups excluding carboxylic acids is 1. The molecule has 152 valence electrons. The predicted octanol–water partition coefficient (Wildman–Crippen LogP) is 5.74. The van der Waals surface area contributed by atoms with Gasteiger partial charge in [0.05, 0.1) is 5.69 Å². The van der Waals surface area contributed by atoms with Gasteiger partial charge in [0.2, 0.25) is 0 Å². The lowest BCUT2D eigenvalue weighted by atomic mass is 10.0. The van der Waals surface area contributed by atoms with E-state index in [1.807, 2.05) is 36.9 Å².